The summed E-state index contributed by atoms with van der Waals surface area (Å²) >= 11 is 0. The Hall–Kier alpha value is -2.91. The summed E-state index contributed by atoms with van der Waals surface area (Å²) in [7, 11) is 0. The maximum absolute atomic E-state index is 12.3. The quantitative estimate of drug-likeness (QED) is 0.725. The molecule has 0 aliphatic carbocycles. The number of carbonyl (C=O) groups is 1. The minimum absolute atomic E-state index is 0.230. The minimum Gasteiger partial charge on any atom is -0.454 e. The van der Waals surface area contributed by atoms with E-state index in [0.29, 0.717) is 18.1 Å². The van der Waals surface area contributed by atoms with E-state index < -0.39 is 0 Å². The van der Waals surface area contributed by atoms with Crippen molar-refractivity contribution >= 4 is 11.7 Å². The molecule has 148 valence electrons. The molecule has 9 heteroatoms. The van der Waals surface area contributed by atoms with Gasteiger partial charge in [-0.3, -0.25) is 9.69 Å². The third-order valence-corrected chi connectivity index (χ3v) is 4.61. The van der Waals surface area contributed by atoms with Crippen molar-refractivity contribution in [2.24, 2.45) is 0 Å². The van der Waals surface area contributed by atoms with Gasteiger partial charge in [0.25, 0.3) is 5.91 Å². The largest absolute Gasteiger partial charge is 0.454 e. The van der Waals surface area contributed by atoms with Crippen LogP contribution >= 0.6 is 0 Å². The number of ether oxygens (including phenoxy) is 3. The number of nitrogens with zero attached hydrogens (tertiary/aromatic N) is 3. The van der Waals surface area contributed by atoms with Crippen LogP contribution in [0.5, 0.6) is 11.5 Å². The van der Waals surface area contributed by atoms with Crippen molar-refractivity contribution in [3.05, 3.63) is 41.9 Å². The molecule has 0 spiro atoms. The Labute approximate surface area is 163 Å². The molecule has 0 saturated carbocycles. The third-order valence-electron chi connectivity index (χ3n) is 4.61. The molecule has 2 aromatic rings. The van der Waals surface area contributed by atoms with Gasteiger partial charge >= 0.3 is 0 Å². The summed E-state index contributed by atoms with van der Waals surface area (Å²) in [5.41, 5.74) is 1.20. The van der Waals surface area contributed by atoms with Crippen molar-refractivity contribution in [3.8, 4) is 11.5 Å². The summed E-state index contributed by atoms with van der Waals surface area (Å²) in [5, 5.41) is 6.06. The molecule has 4 rings (SSSR count). The number of fused-ring (bicyclic) bond motifs is 1. The molecule has 0 unspecified atom stereocenters. The molecule has 9 nitrogen and oxygen atoms in total. The van der Waals surface area contributed by atoms with Crippen molar-refractivity contribution in [2.45, 2.75) is 6.54 Å². The Balaban J connectivity index is 1.23. The van der Waals surface area contributed by atoms with Gasteiger partial charge in [0.2, 0.25) is 6.79 Å². The molecule has 1 amide bonds. The van der Waals surface area contributed by atoms with Gasteiger partial charge in [0.1, 0.15) is 11.5 Å². The van der Waals surface area contributed by atoms with Gasteiger partial charge in [0.05, 0.1) is 25.6 Å². The first-order valence-corrected chi connectivity index (χ1v) is 9.31. The smallest absolute Gasteiger partial charge is 0.271 e. The number of morpholine rings is 1. The summed E-state index contributed by atoms with van der Waals surface area (Å²) < 4.78 is 16.0. The summed E-state index contributed by atoms with van der Waals surface area (Å²) in [6, 6.07) is 5.58. The Morgan fingerprint density at radius 1 is 1.11 bits per heavy atom. The SMILES string of the molecule is O=C(NCc1ccc2c(c1)OCO2)c1cnc(NCCN2CCOCC2)cn1. The molecule has 28 heavy (non-hydrogen) atoms. The van der Waals surface area contributed by atoms with Crippen LogP contribution in [-0.4, -0.2) is 67.0 Å². The fraction of sp³-hybridized carbons (Fsp3) is 0.421. The zero-order valence-electron chi connectivity index (χ0n) is 15.5. The normalized spacial score (nSPS) is 16.0. The van der Waals surface area contributed by atoms with Crippen LogP contribution in [0.4, 0.5) is 5.82 Å². The Morgan fingerprint density at radius 2 is 1.96 bits per heavy atom. The maximum Gasteiger partial charge on any atom is 0.271 e. The molecule has 0 radical (unpaired) electrons. The van der Waals surface area contributed by atoms with Crippen molar-refractivity contribution < 1.29 is 19.0 Å². The number of amides is 1. The Bertz CT molecular complexity index is 808. The highest BCUT2D eigenvalue weighted by Gasteiger charge is 2.14. The van der Waals surface area contributed by atoms with Gasteiger partial charge in [-0.15, -0.1) is 0 Å². The fourth-order valence-corrected chi connectivity index (χ4v) is 3.03. The van der Waals surface area contributed by atoms with Gasteiger partial charge in [0, 0.05) is 32.7 Å². The average molecular weight is 385 g/mol. The summed E-state index contributed by atoms with van der Waals surface area (Å²) in [6.45, 7) is 5.77. The molecule has 0 bridgehead atoms. The third kappa shape index (κ3) is 4.68. The predicted octanol–water partition coefficient (Wildman–Crippen LogP) is 0.879. The zero-order valence-corrected chi connectivity index (χ0v) is 15.5. The molecular formula is C19H23N5O4. The minimum atomic E-state index is -0.273. The lowest BCUT2D eigenvalue weighted by atomic mass is 10.2. The van der Waals surface area contributed by atoms with Gasteiger partial charge in [-0.2, -0.15) is 0 Å². The maximum atomic E-state index is 12.3. The van der Waals surface area contributed by atoms with Crippen LogP contribution in [0, 0.1) is 0 Å². The lowest BCUT2D eigenvalue weighted by molar-refractivity contribution is 0.0398. The van der Waals surface area contributed by atoms with Crippen LogP contribution in [0.1, 0.15) is 16.1 Å². The molecule has 2 aliphatic rings. The Morgan fingerprint density at radius 3 is 2.79 bits per heavy atom. The van der Waals surface area contributed by atoms with Crippen molar-refractivity contribution in [3.63, 3.8) is 0 Å². The number of hydrogen-bond donors (Lipinski definition) is 2. The highest BCUT2D eigenvalue weighted by Crippen LogP contribution is 2.32. The molecule has 0 atom stereocenters. The first-order chi connectivity index (χ1) is 13.8. The molecule has 2 N–H and O–H groups in total. The second-order valence-electron chi connectivity index (χ2n) is 6.54. The first kappa shape index (κ1) is 18.5. The van der Waals surface area contributed by atoms with E-state index in [1.807, 2.05) is 18.2 Å². The van der Waals surface area contributed by atoms with E-state index in [1.165, 1.54) is 6.20 Å². The number of aromatic nitrogens is 2. The standard InChI is InChI=1S/C19H23N5O4/c25-19(23-10-14-1-2-16-17(9-14)28-13-27-16)15-11-22-18(12-21-15)20-3-4-24-5-7-26-8-6-24/h1-2,9,11-12H,3-8,10,13H2,(H,20,22)(H,23,25). The summed E-state index contributed by atoms with van der Waals surface area (Å²) in [6.07, 6.45) is 3.06. The van der Waals surface area contributed by atoms with Gasteiger partial charge in [0.15, 0.2) is 11.5 Å². The van der Waals surface area contributed by atoms with Gasteiger partial charge in [-0.25, -0.2) is 9.97 Å². The van der Waals surface area contributed by atoms with Gasteiger partial charge < -0.3 is 24.8 Å². The summed E-state index contributed by atoms with van der Waals surface area (Å²) in [5.74, 6) is 1.79. The number of nitrogens with one attached hydrogen (secondary N) is 2. The van der Waals surface area contributed by atoms with E-state index in [0.717, 1.165) is 50.7 Å². The van der Waals surface area contributed by atoms with Crippen LogP contribution < -0.4 is 20.1 Å². The van der Waals surface area contributed by atoms with E-state index in [9.17, 15) is 4.79 Å². The number of rotatable bonds is 7. The lowest BCUT2D eigenvalue weighted by Gasteiger charge is -2.26. The van der Waals surface area contributed by atoms with E-state index in [4.69, 9.17) is 14.2 Å². The van der Waals surface area contributed by atoms with E-state index in [2.05, 4.69) is 25.5 Å². The molecular weight excluding hydrogens is 362 g/mol. The molecule has 1 aromatic carbocycles. The summed E-state index contributed by atoms with van der Waals surface area (Å²) in [4.78, 5) is 23.1. The van der Waals surface area contributed by atoms with E-state index in [1.54, 1.807) is 6.20 Å². The fourth-order valence-electron chi connectivity index (χ4n) is 3.03. The number of benzene rings is 1. The van der Waals surface area contributed by atoms with Gasteiger partial charge in [-0.1, -0.05) is 6.07 Å². The molecule has 1 aromatic heterocycles. The highest BCUT2D eigenvalue weighted by atomic mass is 16.7. The van der Waals surface area contributed by atoms with Gasteiger partial charge in [-0.05, 0) is 17.7 Å². The van der Waals surface area contributed by atoms with Crippen LogP contribution in [0.2, 0.25) is 0 Å². The topological polar surface area (TPSA) is 97.8 Å². The monoisotopic (exact) mass is 385 g/mol. The van der Waals surface area contributed by atoms with E-state index >= 15 is 0 Å². The van der Waals surface area contributed by atoms with E-state index in [-0.39, 0.29) is 18.4 Å². The van der Waals surface area contributed by atoms with Crippen LogP contribution in [0.25, 0.3) is 0 Å². The lowest BCUT2D eigenvalue weighted by Crippen LogP contribution is -2.39. The van der Waals surface area contributed by atoms with Crippen LogP contribution in [0.3, 0.4) is 0 Å². The molecule has 3 heterocycles. The van der Waals surface area contributed by atoms with Crippen LogP contribution in [0.15, 0.2) is 30.6 Å². The molecule has 1 saturated heterocycles. The predicted molar refractivity (Wildman–Crippen MR) is 102 cm³/mol. The second kappa shape index (κ2) is 8.85. The second-order valence-corrected chi connectivity index (χ2v) is 6.54. The number of carbonyl (C=O) groups excluding carboxylic acids is 1. The Kier molecular flexibility index (Phi) is 5.83. The van der Waals surface area contributed by atoms with Crippen molar-refractivity contribution in [1.82, 2.24) is 20.2 Å². The number of anilines is 1. The zero-order chi connectivity index (χ0) is 19.2. The number of hydrogen-bond acceptors (Lipinski definition) is 8. The molecule has 2 aliphatic heterocycles. The van der Waals surface area contributed by atoms with Crippen LogP contribution in [-0.2, 0) is 11.3 Å². The highest BCUT2D eigenvalue weighted by molar-refractivity contribution is 5.91. The molecule has 1 fully saturated rings. The first-order valence-electron chi connectivity index (χ1n) is 9.31. The van der Waals surface area contributed by atoms with Crippen molar-refractivity contribution in [1.29, 1.82) is 0 Å². The van der Waals surface area contributed by atoms with Crippen molar-refractivity contribution in [2.75, 3.05) is 51.5 Å². The average Bonchev–Trinajstić information content (AvgIpc) is 3.21.